The summed E-state index contributed by atoms with van der Waals surface area (Å²) in [5.74, 6) is 0. The van der Waals surface area contributed by atoms with Crippen molar-refractivity contribution in [1.82, 2.24) is 9.62 Å². The minimum Gasteiger partial charge on any atom is -0.312 e. The molecule has 0 saturated carbocycles. The Kier molecular flexibility index (Phi) is 5.82. The van der Waals surface area contributed by atoms with Gasteiger partial charge >= 0.3 is 0 Å². The predicted octanol–water partition coefficient (Wildman–Crippen LogP) is 3.12. The molecule has 1 aromatic heterocycles. The molecular weight excluding hydrogens is 304 g/mol. The summed E-state index contributed by atoms with van der Waals surface area (Å²) in [7, 11) is -3.34. The average Bonchev–Trinajstić information content (AvgIpc) is 2.81. The van der Waals surface area contributed by atoms with E-state index in [0.717, 1.165) is 48.5 Å². The third-order valence-corrected chi connectivity index (χ3v) is 7.30. The molecule has 120 valence electrons. The summed E-state index contributed by atoms with van der Waals surface area (Å²) >= 11 is 1.59. The molecule has 0 spiro atoms. The van der Waals surface area contributed by atoms with Gasteiger partial charge in [0.25, 0.3) is 0 Å². The molecule has 1 atom stereocenters. The first-order chi connectivity index (χ1) is 9.96. The number of piperidine rings is 1. The van der Waals surface area contributed by atoms with Gasteiger partial charge in [0.1, 0.15) is 0 Å². The first-order valence-electron chi connectivity index (χ1n) is 7.78. The third-order valence-electron chi connectivity index (χ3n) is 3.98. The van der Waals surface area contributed by atoms with Gasteiger partial charge in [-0.1, -0.05) is 13.3 Å². The first-order valence-corrected chi connectivity index (χ1v) is 10.0. The molecule has 6 heteroatoms. The predicted molar refractivity (Wildman–Crippen MR) is 88.3 cm³/mol. The summed E-state index contributed by atoms with van der Waals surface area (Å²) in [6.07, 6.45) is 4.15. The summed E-state index contributed by atoms with van der Waals surface area (Å²) in [5, 5.41) is 3.33. The van der Waals surface area contributed by atoms with Crippen molar-refractivity contribution >= 4 is 21.4 Å². The Morgan fingerprint density at radius 2 is 2.19 bits per heavy atom. The number of nitrogens with one attached hydrogen (secondary N) is 1. The van der Waals surface area contributed by atoms with E-state index >= 15 is 0 Å². The van der Waals surface area contributed by atoms with Crippen molar-refractivity contribution in [3.05, 3.63) is 15.8 Å². The van der Waals surface area contributed by atoms with Gasteiger partial charge in [0, 0.05) is 28.9 Å². The molecule has 1 saturated heterocycles. The van der Waals surface area contributed by atoms with Crippen LogP contribution in [0.5, 0.6) is 0 Å². The molecule has 0 aromatic carbocycles. The quantitative estimate of drug-likeness (QED) is 0.815. The van der Waals surface area contributed by atoms with Crippen LogP contribution < -0.4 is 5.32 Å². The second kappa shape index (κ2) is 7.22. The van der Waals surface area contributed by atoms with Gasteiger partial charge in [-0.2, -0.15) is 4.31 Å². The SMILES string of the molecule is CCCNCc1cc(S(=O)(=O)N2CCCCC2C)c(C)s1. The standard InChI is InChI=1S/C15H26N2O2S2/c1-4-8-16-11-14-10-15(13(3)20-14)21(18,19)17-9-6-5-7-12(17)2/h10,12,16H,4-9,11H2,1-3H3. The number of thiophene rings is 1. The van der Waals surface area contributed by atoms with Crippen LogP contribution in [0.4, 0.5) is 0 Å². The van der Waals surface area contributed by atoms with Crippen LogP contribution in [-0.4, -0.2) is 31.9 Å². The Hall–Kier alpha value is -0.430. The molecule has 1 unspecified atom stereocenters. The molecule has 0 aliphatic carbocycles. The fraction of sp³-hybridized carbons (Fsp3) is 0.733. The van der Waals surface area contributed by atoms with Crippen molar-refractivity contribution in [2.45, 2.75) is 63.9 Å². The van der Waals surface area contributed by atoms with Crippen LogP contribution in [-0.2, 0) is 16.6 Å². The highest BCUT2D eigenvalue weighted by Gasteiger charge is 2.32. The zero-order valence-electron chi connectivity index (χ0n) is 13.2. The Bertz CT molecular complexity index is 566. The Balaban J connectivity index is 2.19. The van der Waals surface area contributed by atoms with Crippen LogP contribution in [0.2, 0.25) is 0 Å². The second-order valence-corrected chi connectivity index (χ2v) is 8.97. The number of rotatable bonds is 6. The lowest BCUT2D eigenvalue weighted by Crippen LogP contribution is -2.41. The Labute approximate surface area is 132 Å². The second-order valence-electron chi connectivity index (χ2n) is 5.77. The number of aryl methyl sites for hydroxylation is 1. The smallest absolute Gasteiger partial charge is 0.244 e. The van der Waals surface area contributed by atoms with Crippen molar-refractivity contribution in [2.75, 3.05) is 13.1 Å². The van der Waals surface area contributed by atoms with Crippen LogP contribution in [0.15, 0.2) is 11.0 Å². The van der Waals surface area contributed by atoms with Crippen LogP contribution in [0.25, 0.3) is 0 Å². The molecule has 0 radical (unpaired) electrons. The third kappa shape index (κ3) is 3.86. The summed E-state index contributed by atoms with van der Waals surface area (Å²) in [6.45, 7) is 8.42. The number of nitrogens with zero attached hydrogens (tertiary/aromatic N) is 1. The van der Waals surface area contributed by atoms with Gasteiger partial charge in [-0.25, -0.2) is 8.42 Å². The normalized spacial score (nSPS) is 20.8. The monoisotopic (exact) mass is 330 g/mol. The summed E-state index contributed by atoms with van der Waals surface area (Å²) in [5.41, 5.74) is 0. The van der Waals surface area contributed by atoms with Crippen LogP contribution in [0, 0.1) is 6.92 Å². The van der Waals surface area contributed by atoms with Gasteiger partial charge in [-0.15, -0.1) is 11.3 Å². The van der Waals surface area contributed by atoms with Gasteiger partial charge in [0.15, 0.2) is 0 Å². The van der Waals surface area contributed by atoms with Crippen LogP contribution in [0.1, 0.15) is 49.3 Å². The molecule has 1 aliphatic rings. The minimum atomic E-state index is -3.34. The van der Waals surface area contributed by atoms with Gasteiger partial charge in [0.2, 0.25) is 10.0 Å². The topological polar surface area (TPSA) is 49.4 Å². The molecule has 21 heavy (non-hydrogen) atoms. The molecule has 1 fully saturated rings. The lowest BCUT2D eigenvalue weighted by atomic mass is 10.1. The zero-order chi connectivity index (χ0) is 15.5. The molecule has 4 nitrogen and oxygen atoms in total. The minimum absolute atomic E-state index is 0.115. The number of sulfonamides is 1. The molecule has 0 amide bonds. The Morgan fingerprint density at radius 1 is 1.43 bits per heavy atom. The maximum Gasteiger partial charge on any atom is 0.244 e. The van der Waals surface area contributed by atoms with Crippen molar-refractivity contribution in [2.24, 2.45) is 0 Å². The van der Waals surface area contributed by atoms with E-state index in [1.165, 1.54) is 0 Å². The van der Waals surface area contributed by atoms with Gasteiger partial charge in [-0.3, -0.25) is 0 Å². The molecule has 1 N–H and O–H groups in total. The molecule has 1 aliphatic heterocycles. The fourth-order valence-electron chi connectivity index (χ4n) is 2.81. The van der Waals surface area contributed by atoms with Crippen molar-refractivity contribution < 1.29 is 8.42 Å². The summed E-state index contributed by atoms with van der Waals surface area (Å²) in [6, 6.07) is 1.98. The highest BCUT2D eigenvalue weighted by atomic mass is 32.2. The van der Waals surface area contributed by atoms with Gasteiger partial charge in [0.05, 0.1) is 4.90 Å². The van der Waals surface area contributed by atoms with Crippen molar-refractivity contribution in [1.29, 1.82) is 0 Å². The van der Waals surface area contributed by atoms with Gasteiger partial charge in [-0.05, 0) is 45.7 Å². The molecule has 2 rings (SSSR count). The van der Waals surface area contributed by atoms with E-state index < -0.39 is 10.0 Å². The molecule has 0 bridgehead atoms. The maximum atomic E-state index is 12.9. The van der Waals surface area contributed by atoms with E-state index in [0.29, 0.717) is 11.4 Å². The summed E-state index contributed by atoms with van der Waals surface area (Å²) < 4.78 is 27.4. The van der Waals surface area contributed by atoms with E-state index in [1.54, 1.807) is 15.6 Å². The Morgan fingerprint density at radius 3 is 2.86 bits per heavy atom. The molecule has 2 heterocycles. The first kappa shape index (κ1) is 16.9. The van der Waals surface area contributed by atoms with Gasteiger partial charge < -0.3 is 5.32 Å². The highest BCUT2D eigenvalue weighted by molar-refractivity contribution is 7.89. The molecular formula is C15H26N2O2S2. The largest absolute Gasteiger partial charge is 0.312 e. The summed E-state index contributed by atoms with van der Waals surface area (Å²) in [4.78, 5) is 2.51. The fourth-order valence-corrected chi connectivity index (χ4v) is 6.09. The van der Waals surface area contributed by atoms with E-state index in [4.69, 9.17) is 0 Å². The van der Waals surface area contributed by atoms with E-state index in [9.17, 15) is 8.42 Å². The lowest BCUT2D eigenvalue weighted by Gasteiger charge is -2.32. The van der Waals surface area contributed by atoms with Crippen LogP contribution >= 0.6 is 11.3 Å². The maximum absolute atomic E-state index is 12.9. The number of hydrogen-bond donors (Lipinski definition) is 1. The van der Waals surface area contributed by atoms with E-state index in [1.807, 2.05) is 19.9 Å². The van der Waals surface area contributed by atoms with Crippen molar-refractivity contribution in [3.8, 4) is 0 Å². The number of hydrogen-bond acceptors (Lipinski definition) is 4. The molecule has 1 aromatic rings. The highest BCUT2D eigenvalue weighted by Crippen LogP contribution is 2.31. The van der Waals surface area contributed by atoms with E-state index in [2.05, 4.69) is 12.2 Å². The average molecular weight is 331 g/mol. The van der Waals surface area contributed by atoms with E-state index in [-0.39, 0.29) is 6.04 Å². The van der Waals surface area contributed by atoms with Crippen LogP contribution in [0.3, 0.4) is 0 Å². The zero-order valence-corrected chi connectivity index (χ0v) is 14.8. The lowest BCUT2D eigenvalue weighted by molar-refractivity contribution is 0.268. The van der Waals surface area contributed by atoms with Crippen molar-refractivity contribution in [3.63, 3.8) is 0 Å².